The highest BCUT2D eigenvalue weighted by atomic mass is 32.2. The molecule has 0 unspecified atom stereocenters. The molecule has 0 radical (unpaired) electrons. The highest BCUT2D eigenvalue weighted by molar-refractivity contribution is 8.26. The summed E-state index contributed by atoms with van der Waals surface area (Å²) in [5, 5.41) is 9.06. The van der Waals surface area contributed by atoms with E-state index in [4.69, 9.17) is 22.3 Å². The molecule has 4 rings (SSSR count). The van der Waals surface area contributed by atoms with Crippen molar-refractivity contribution >= 4 is 57.7 Å². The van der Waals surface area contributed by atoms with Crippen LogP contribution in [0.1, 0.15) is 30.9 Å². The molecule has 2 aliphatic heterocycles. The number of aryl methyl sites for hydroxylation is 1. The number of hydrogen-bond donors (Lipinski definition) is 1. The average molecular weight is 459 g/mol. The van der Waals surface area contributed by atoms with Crippen molar-refractivity contribution in [1.29, 1.82) is 0 Å². The molecule has 2 aromatic heterocycles. The van der Waals surface area contributed by atoms with Crippen LogP contribution in [0.25, 0.3) is 11.7 Å². The fourth-order valence-corrected chi connectivity index (χ4v) is 5.03. The van der Waals surface area contributed by atoms with E-state index in [-0.39, 0.29) is 14.8 Å². The number of carbonyl (C=O) groups excluding carboxylic acids is 1. The number of carboxylic acids is 1. The molecule has 0 atom stereocenters. The molecular weight excluding hydrogens is 436 g/mol. The third-order valence-electron chi connectivity index (χ3n) is 5.59. The molecule has 1 amide bonds. The normalized spacial score (nSPS) is 19.1. The summed E-state index contributed by atoms with van der Waals surface area (Å²) in [4.78, 5) is 45.4. The van der Waals surface area contributed by atoms with E-state index in [1.807, 2.05) is 13.0 Å². The first-order valence-electron chi connectivity index (χ1n) is 10.0. The summed E-state index contributed by atoms with van der Waals surface area (Å²) in [5.74, 6) is -0.502. The third-order valence-corrected chi connectivity index (χ3v) is 6.97. The Hall–Kier alpha value is -2.72. The third kappa shape index (κ3) is 4.09. The van der Waals surface area contributed by atoms with Crippen molar-refractivity contribution in [2.75, 3.05) is 24.5 Å². The zero-order valence-electron chi connectivity index (χ0n) is 17.2. The first-order chi connectivity index (χ1) is 14.8. The van der Waals surface area contributed by atoms with Crippen molar-refractivity contribution in [3.05, 3.63) is 44.7 Å². The van der Waals surface area contributed by atoms with Gasteiger partial charge in [0.1, 0.15) is 22.3 Å². The lowest BCUT2D eigenvalue weighted by atomic mass is 9.99. The largest absolute Gasteiger partial charge is 0.480 e. The van der Waals surface area contributed by atoms with Gasteiger partial charge in [0.15, 0.2) is 0 Å². The number of pyridine rings is 1. The number of thiocarbonyl (C=S) groups is 1. The molecule has 10 heteroatoms. The lowest BCUT2D eigenvalue weighted by molar-refractivity contribution is -0.140. The number of piperidine rings is 1. The van der Waals surface area contributed by atoms with Gasteiger partial charge < -0.3 is 10.0 Å². The highest BCUT2D eigenvalue weighted by Crippen LogP contribution is 2.34. The Morgan fingerprint density at radius 3 is 2.74 bits per heavy atom. The monoisotopic (exact) mass is 458 g/mol. The number of carboxylic acid groups (broad SMARTS) is 1. The van der Waals surface area contributed by atoms with Gasteiger partial charge in [-0.1, -0.05) is 37.0 Å². The first-order valence-corrected chi connectivity index (χ1v) is 11.2. The quantitative estimate of drug-likeness (QED) is 0.552. The molecule has 31 heavy (non-hydrogen) atoms. The minimum Gasteiger partial charge on any atom is -0.480 e. The first kappa shape index (κ1) is 21.5. The number of nitrogens with zero attached hydrogens (tertiary/aromatic N) is 4. The highest BCUT2D eigenvalue weighted by Gasteiger charge is 2.34. The molecule has 4 heterocycles. The van der Waals surface area contributed by atoms with Crippen LogP contribution in [0.4, 0.5) is 5.82 Å². The minimum atomic E-state index is -1.15. The summed E-state index contributed by atoms with van der Waals surface area (Å²) in [6.45, 7) is 5.15. The molecule has 0 aliphatic carbocycles. The van der Waals surface area contributed by atoms with Gasteiger partial charge in [-0.25, -0.2) is 4.98 Å². The second-order valence-corrected chi connectivity index (χ2v) is 9.55. The summed E-state index contributed by atoms with van der Waals surface area (Å²) in [7, 11) is 0. The molecule has 0 saturated carbocycles. The fraction of sp³-hybridized carbons (Fsp3) is 0.381. The average Bonchev–Trinajstić information content (AvgIpc) is 2.98. The molecule has 2 aromatic rings. The molecule has 8 nitrogen and oxygen atoms in total. The number of fused-ring (bicyclic) bond motifs is 1. The Balaban J connectivity index is 1.85. The topological polar surface area (TPSA) is 95.2 Å². The van der Waals surface area contributed by atoms with Gasteiger partial charge in [0.2, 0.25) is 0 Å². The summed E-state index contributed by atoms with van der Waals surface area (Å²) in [6.07, 6.45) is 5.16. The van der Waals surface area contributed by atoms with Crippen LogP contribution < -0.4 is 10.5 Å². The summed E-state index contributed by atoms with van der Waals surface area (Å²) in [6, 6.07) is 3.68. The van der Waals surface area contributed by atoms with E-state index in [0.717, 1.165) is 48.2 Å². The van der Waals surface area contributed by atoms with Crippen LogP contribution in [0.15, 0.2) is 28.0 Å². The van der Waals surface area contributed by atoms with E-state index < -0.39 is 18.4 Å². The fourth-order valence-electron chi connectivity index (χ4n) is 3.79. The number of anilines is 1. The van der Waals surface area contributed by atoms with E-state index in [9.17, 15) is 14.4 Å². The van der Waals surface area contributed by atoms with Gasteiger partial charge in [-0.15, -0.1) is 0 Å². The maximum atomic E-state index is 13.4. The Bertz CT molecular complexity index is 1180. The molecule has 2 fully saturated rings. The van der Waals surface area contributed by atoms with Crippen LogP contribution in [0.2, 0.25) is 0 Å². The van der Waals surface area contributed by atoms with Crippen LogP contribution in [0, 0.1) is 12.8 Å². The summed E-state index contributed by atoms with van der Waals surface area (Å²) >= 11 is 6.18. The predicted molar refractivity (Wildman–Crippen MR) is 124 cm³/mol. The summed E-state index contributed by atoms with van der Waals surface area (Å²) < 4.78 is 1.64. The Labute approximate surface area is 188 Å². The molecule has 162 valence electrons. The molecule has 2 saturated heterocycles. The van der Waals surface area contributed by atoms with Crippen molar-refractivity contribution < 1.29 is 14.7 Å². The maximum Gasteiger partial charge on any atom is 0.323 e. The van der Waals surface area contributed by atoms with Gasteiger partial charge in [0.25, 0.3) is 11.5 Å². The Morgan fingerprint density at radius 1 is 1.35 bits per heavy atom. The van der Waals surface area contributed by atoms with Crippen LogP contribution in [0.3, 0.4) is 0 Å². The SMILES string of the molecule is Cc1cccn2c(=O)c(C=C3SC(=S)N(CC(=O)O)C3=O)c(N3CCC(C)CC3)nc12. The zero-order chi connectivity index (χ0) is 22.3. The van der Waals surface area contributed by atoms with Gasteiger partial charge in [0, 0.05) is 19.3 Å². The van der Waals surface area contributed by atoms with Crippen molar-refractivity contribution in [3.63, 3.8) is 0 Å². The van der Waals surface area contributed by atoms with Crippen molar-refractivity contribution in [3.8, 4) is 0 Å². The number of rotatable bonds is 4. The molecule has 0 spiro atoms. The van der Waals surface area contributed by atoms with E-state index >= 15 is 0 Å². The lowest BCUT2D eigenvalue weighted by Gasteiger charge is -2.32. The van der Waals surface area contributed by atoms with Gasteiger partial charge in [0.05, 0.1) is 10.5 Å². The van der Waals surface area contributed by atoms with Gasteiger partial charge >= 0.3 is 5.97 Å². The smallest absolute Gasteiger partial charge is 0.323 e. The van der Waals surface area contributed by atoms with Gasteiger partial charge in [-0.3, -0.25) is 23.7 Å². The van der Waals surface area contributed by atoms with Crippen LogP contribution in [-0.4, -0.2) is 55.2 Å². The second kappa shape index (κ2) is 8.43. The van der Waals surface area contributed by atoms with Crippen molar-refractivity contribution in [2.24, 2.45) is 5.92 Å². The predicted octanol–water partition coefficient (Wildman–Crippen LogP) is 2.53. The van der Waals surface area contributed by atoms with Crippen molar-refractivity contribution in [2.45, 2.75) is 26.7 Å². The summed E-state index contributed by atoms with van der Waals surface area (Å²) in [5.41, 5.74) is 1.50. The standard InChI is InChI=1S/C21H22N4O4S2/c1-12-5-8-23(9-6-12)18-14(19(28)24-7-3-4-13(2)17(24)22-18)10-15-20(29)25(11-16(26)27)21(30)31-15/h3-4,7,10,12H,5-6,8-9,11H2,1-2H3,(H,26,27). The van der Waals surface area contributed by atoms with Crippen LogP contribution >= 0.6 is 24.0 Å². The maximum absolute atomic E-state index is 13.4. The van der Waals surface area contributed by atoms with Gasteiger partial charge in [-0.2, -0.15) is 0 Å². The van der Waals surface area contributed by atoms with E-state index in [2.05, 4.69) is 11.8 Å². The number of carbonyl (C=O) groups is 2. The van der Waals surface area contributed by atoms with Gasteiger partial charge in [-0.05, 0) is 43.4 Å². The Kier molecular flexibility index (Phi) is 5.85. The number of thioether (sulfide) groups is 1. The minimum absolute atomic E-state index is 0.164. The number of hydrogen-bond acceptors (Lipinski definition) is 7. The number of aromatic nitrogens is 2. The van der Waals surface area contributed by atoms with Crippen LogP contribution in [0.5, 0.6) is 0 Å². The Morgan fingerprint density at radius 2 is 2.06 bits per heavy atom. The lowest BCUT2D eigenvalue weighted by Crippen LogP contribution is -2.36. The molecule has 1 N–H and O–H groups in total. The molecular formula is C21H22N4O4S2. The zero-order valence-corrected chi connectivity index (χ0v) is 18.8. The van der Waals surface area contributed by atoms with Crippen molar-refractivity contribution in [1.82, 2.24) is 14.3 Å². The van der Waals surface area contributed by atoms with E-state index in [1.165, 1.54) is 10.5 Å². The second-order valence-electron chi connectivity index (χ2n) is 7.87. The number of aliphatic carboxylic acids is 1. The number of amides is 1. The molecule has 2 aliphatic rings. The molecule has 0 aromatic carbocycles. The molecule has 0 bridgehead atoms. The van der Waals surface area contributed by atoms with Crippen LogP contribution in [-0.2, 0) is 9.59 Å². The van der Waals surface area contributed by atoms with E-state index in [1.54, 1.807) is 12.3 Å². The van der Waals surface area contributed by atoms with E-state index in [0.29, 0.717) is 22.9 Å².